The van der Waals surface area contributed by atoms with Crippen LogP contribution in [0, 0.1) is 0 Å². The Bertz CT molecular complexity index is 796. The van der Waals surface area contributed by atoms with Gasteiger partial charge in [0.25, 0.3) is 5.89 Å². The molecule has 130 valence electrons. The van der Waals surface area contributed by atoms with Crippen LogP contribution in [0.5, 0.6) is 0 Å². The van der Waals surface area contributed by atoms with Gasteiger partial charge >= 0.3 is 0 Å². The second-order valence-electron chi connectivity index (χ2n) is 6.26. The molecule has 3 nitrogen and oxygen atoms in total. The molecule has 3 rings (SSSR count). The lowest BCUT2D eigenvalue weighted by atomic mass is 10.0. The number of aromatic nitrogens is 2. The van der Waals surface area contributed by atoms with Crippen LogP contribution in [-0.4, -0.2) is 10.1 Å². The van der Waals surface area contributed by atoms with Crippen molar-refractivity contribution < 1.29 is 4.52 Å². The first kappa shape index (κ1) is 17.7. The van der Waals surface area contributed by atoms with E-state index in [1.54, 1.807) is 0 Å². The van der Waals surface area contributed by atoms with Crippen LogP contribution >= 0.6 is 11.6 Å². The Labute approximate surface area is 154 Å². The van der Waals surface area contributed by atoms with Gasteiger partial charge in [-0.25, -0.2) is 0 Å². The zero-order valence-electron chi connectivity index (χ0n) is 14.5. The predicted molar refractivity (Wildman–Crippen MR) is 103 cm³/mol. The molecule has 0 aliphatic heterocycles. The topological polar surface area (TPSA) is 38.9 Å². The van der Waals surface area contributed by atoms with Crippen molar-refractivity contribution in [1.29, 1.82) is 0 Å². The highest BCUT2D eigenvalue weighted by atomic mass is 35.5. The third-order valence-corrected chi connectivity index (χ3v) is 4.64. The first-order valence-electron chi connectivity index (χ1n) is 8.96. The molecule has 0 saturated carbocycles. The monoisotopic (exact) mass is 354 g/mol. The zero-order chi connectivity index (χ0) is 17.5. The molecule has 0 N–H and O–H groups in total. The standard InChI is InChI=1S/C21H23ClN2O/c1-2-3-4-5-6-9-16-12-14-17(15-13-16)21-23-20(24-25-21)18-10-7-8-11-19(18)22/h7-8,10-15H,2-6,9H2,1H3. The summed E-state index contributed by atoms with van der Waals surface area (Å²) in [6.07, 6.45) is 7.63. The van der Waals surface area contributed by atoms with Crippen LogP contribution in [0.25, 0.3) is 22.8 Å². The van der Waals surface area contributed by atoms with E-state index in [0.29, 0.717) is 16.7 Å². The molecule has 1 aromatic heterocycles. The van der Waals surface area contributed by atoms with Gasteiger partial charge in [-0.3, -0.25) is 0 Å². The summed E-state index contributed by atoms with van der Waals surface area (Å²) in [5.41, 5.74) is 3.06. The molecular formula is C21H23ClN2O. The molecule has 0 saturated heterocycles. The Kier molecular flexibility index (Phi) is 6.24. The fourth-order valence-electron chi connectivity index (χ4n) is 2.84. The fraction of sp³-hybridized carbons (Fsp3) is 0.333. The number of unbranched alkanes of at least 4 members (excludes halogenated alkanes) is 4. The van der Waals surface area contributed by atoms with Crippen LogP contribution in [0.4, 0.5) is 0 Å². The molecule has 0 atom stereocenters. The van der Waals surface area contributed by atoms with Gasteiger partial charge in [-0.1, -0.05) is 73.6 Å². The predicted octanol–water partition coefficient (Wildman–Crippen LogP) is 6.57. The van der Waals surface area contributed by atoms with Crippen LogP contribution in [-0.2, 0) is 6.42 Å². The maximum absolute atomic E-state index is 6.19. The second-order valence-corrected chi connectivity index (χ2v) is 6.67. The maximum atomic E-state index is 6.19. The third kappa shape index (κ3) is 4.70. The molecule has 0 spiro atoms. The lowest BCUT2D eigenvalue weighted by Gasteiger charge is -2.02. The summed E-state index contributed by atoms with van der Waals surface area (Å²) in [6.45, 7) is 2.24. The van der Waals surface area contributed by atoms with Crippen molar-refractivity contribution in [2.24, 2.45) is 0 Å². The molecule has 0 bridgehead atoms. The van der Waals surface area contributed by atoms with Crippen molar-refractivity contribution >= 4 is 11.6 Å². The van der Waals surface area contributed by atoms with Crippen molar-refractivity contribution in [2.75, 3.05) is 0 Å². The Morgan fingerprint density at radius 1 is 0.920 bits per heavy atom. The summed E-state index contributed by atoms with van der Waals surface area (Å²) in [5, 5.41) is 4.67. The second kappa shape index (κ2) is 8.82. The van der Waals surface area contributed by atoms with E-state index in [-0.39, 0.29) is 0 Å². The van der Waals surface area contributed by atoms with E-state index in [0.717, 1.165) is 17.5 Å². The van der Waals surface area contributed by atoms with Gasteiger partial charge < -0.3 is 4.52 Å². The average Bonchev–Trinajstić information content (AvgIpc) is 3.12. The Hall–Kier alpha value is -2.13. The van der Waals surface area contributed by atoms with E-state index >= 15 is 0 Å². The molecule has 0 unspecified atom stereocenters. The lowest BCUT2D eigenvalue weighted by molar-refractivity contribution is 0.432. The number of nitrogens with zero attached hydrogens (tertiary/aromatic N) is 2. The summed E-state index contributed by atoms with van der Waals surface area (Å²) in [4.78, 5) is 4.47. The van der Waals surface area contributed by atoms with Gasteiger partial charge in [0.2, 0.25) is 5.82 Å². The molecular weight excluding hydrogens is 332 g/mol. The highest BCUT2D eigenvalue weighted by molar-refractivity contribution is 6.33. The number of halogens is 1. The molecule has 0 amide bonds. The van der Waals surface area contributed by atoms with Gasteiger partial charge in [0.15, 0.2) is 0 Å². The van der Waals surface area contributed by atoms with Gasteiger partial charge in [-0.15, -0.1) is 0 Å². The minimum atomic E-state index is 0.514. The first-order chi connectivity index (χ1) is 12.3. The number of hydrogen-bond acceptors (Lipinski definition) is 3. The average molecular weight is 355 g/mol. The van der Waals surface area contributed by atoms with Crippen LogP contribution in [0.1, 0.15) is 44.6 Å². The van der Waals surface area contributed by atoms with Crippen LogP contribution in [0.2, 0.25) is 5.02 Å². The smallest absolute Gasteiger partial charge is 0.258 e. The van der Waals surface area contributed by atoms with E-state index in [2.05, 4.69) is 29.2 Å². The SMILES string of the molecule is CCCCCCCc1ccc(-c2nc(-c3ccccc3Cl)no2)cc1. The maximum Gasteiger partial charge on any atom is 0.258 e. The largest absolute Gasteiger partial charge is 0.334 e. The highest BCUT2D eigenvalue weighted by Gasteiger charge is 2.12. The van der Waals surface area contributed by atoms with Crippen LogP contribution in [0.3, 0.4) is 0 Å². The molecule has 25 heavy (non-hydrogen) atoms. The van der Waals surface area contributed by atoms with Gasteiger partial charge in [-0.2, -0.15) is 4.98 Å². The molecule has 0 radical (unpaired) electrons. The van der Waals surface area contributed by atoms with Crippen molar-refractivity contribution in [3.05, 3.63) is 59.1 Å². The van der Waals surface area contributed by atoms with E-state index in [1.165, 1.54) is 37.7 Å². The molecule has 0 aliphatic carbocycles. The van der Waals surface area contributed by atoms with Crippen LogP contribution < -0.4 is 0 Å². The molecule has 3 aromatic rings. The van der Waals surface area contributed by atoms with Crippen LogP contribution in [0.15, 0.2) is 53.1 Å². The normalized spacial score (nSPS) is 11.0. The van der Waals surface area contributed by atoms with Crippen molar-refractivity contribution in [2.45, 2.75) is 45.4 Å². The van der Waals surface area contributed by atoms with Crippen molar-refractivity contribution in [1.82, 2.24) is 10.1 Å². The lowest BCUT2D eigenvalue weighted by Crippen LogP contribution is -1.87. The third-order valence-electron chi connectivity index (χ3n) is 4.31. The quantitative estimate of drug-likeness (QED) is 0.429. The number of hydrogen-bond donors (Lipinski definition) is 0. The Morgan fingerprint density at radius 3 is 2.44 bits per heavy atom. The Morgan fingerprint density at radius 2 is 1.68 bits per heavy atom. The molecule has 0 fully saturated rings. The summed E-state index contributed by atoms with van der Waals surface area (Å²) in [7, 11) is 0. The highest BCUT2D eigenvalue weighted by Crippen LogP contribution is 2.27. The van der Waals surface area contributed by atoms with E-state index in [9.17, 15) is 0 Å². The molecule has 2 aromatic carbocycles. The molecule has 4 heteroatoms. The summed E-state index contributed by atoms with van der Waals surface area (Å²) in [5.74, 6) is 1.03. The number of aryl methyl sites for hydroxylation is 1. The minimum absolute atomic E-state index is 0.514. The van der Waals surface area contributed by atoms with E-state index < -0.39 is 0 Å². The van der Waals surface area contributed by atoms with E-state index in [4.69, 9.17) is 16.1 Å². The summed E-state index contributed by atoms with van der Waals surface area (Å²) in [6, 6.07) is 15.9. The van der Waals surface area contributed by atoms with Gasteiger partial charge in [-0.05, 0) is 42.7 Å². The van der Waals surface area contributed by atoms with Gasteiger partial charge in [0, 0.05) is 11.1 Å². The van der Waals surface area contributed by atoms with E-state index in [1.807, 2.05) is 36.4 Å². The van der Waals surface area contributed by atoms with Crippen molar-refractivity contribution in [3.63, 3.8) is 0 Å². The Balaban J connectivity index is 1.64. The minimum Gasteiger partial charge on any atom is -0.334 e. The zero-order valence-corrected chi connectivity index (χ0v) is 15.3. The van der Waals surface area contributed by atoms with Gasteiger partial charge in [0.1, 0.15) is 0 Å². The molecule has 0 aliphatic rings. The van der Waals surface area contributed by atoms with Gasteiger partial charge in [0.05, 0.1) is 5.02 Å². The molecule has 1 heterocycles. The summed E-state index contributed by atoms with van der Waals surface area (Å²) >= 11 is 6.19. The first-order valence-corrected chi connectivity index (χ1v) is 9.33. The number of benzene rings is 2. The summed E-state index contributed by atoms with van der Waals surface area (Å²) < 4.78 is 5.41. The fourth-order valence-corrected chi connectivity index (χ4v) is 3.06. The number of rotatable bonds is 8. The van der Waals surface area contributed by atoms with Crippen molar-refractivity contribution in [3.8, 4) is 22.8 Å².